The minimum absolute atomic E-state index is 0.00441. The molecule has 0 fully saturated rings. The average Bonchev–Trinajstić information content (AvgIpc) is 2.90. The maximum atomic E-state index is 14.0. The Morgan fingerprint density at radius 3 is 2.32 bits per heavy atom. The van der Waals surface area contributed by atoms with Gasteiger partial charge in [0.1, 0.15) is 0 Å². The van der Waals surface area contributed by atoms with Gasteiger partial charge in [-0.15, -0.1) is 0 Å². The molecule has 0 saturated carbocycles. The number of amides is 2. The lowest BCUT2D eigenvalue weighted by atomic mass is 9.92. The summed E-state index contributed by atoms with van der Waals surface area (Å²) < 4.78 is 45.9. The number of urea groups is 1. The Hall–Kier alpha value is -3.84. The third-order valence-electron chi connectivity index (χ3n) is 6.58. The topological polar surface area (TPSA) is 76.9 Å². The molecule has 0 N–H and O–H groups in total. The number of hydrogen-bond donors (Lipinski definition) is 0. The van der Waals surface area contributed by atoms with Crippen molar-refractivity contribution in [1.82, 2.24) is 9.80 Å². The van der Waals surface area contributed by atoms with E-state index in [-0.39, 0.29) is 30.1 Å². The third kappa shape index (κ3) is 6.00. The van der Waals surface area contributed by atoms with E-state index in [1.54, 1.807) is 31.2 Å². The average molecular weight is 529 g/mol. The van der Waals surface area contributed by atoms with Crippen molar-refractivity contribution in [1.29, 1.82) is 5.26 Å². The van der Waals surface area contributed by atoms with Crippen molar-refractivity contribution >= 4 is 17.7 Å². The summed E-state index contributed by atoms with van der Waals surface area (Å²) in [5.41, 5.74) is 0.416. The highest BCUT2D eigenvalue weighted by molar-refractivity contribution is 6.03. The molecule has 1 aliphatic rings. The second-order valence-corrected chi connectivity index (χ2v) is 8.74. The van der Waals surface area contributed by atoms with E-state index < -0.39 is 29.8 Å². The van der Waals surface area contributed by atoms with Gasteiger partial charge < -0.3 is 14.5 Å². The van der Waals surface area contributed by atoms with Gasteiger partial charge in [0, 0.05) is 18.8 Å². The fraction of sp³-hybridized carbons (Fsp3) is 0.393. The van der Waals surface area contributed by atoms with Crippen LogP contribution in [0.3, 0.4) is 0 Å². The van der Waals surface area contributed by atoms with Crippen LogP contribution in [0.4, 0.5) is 23.7 Å². The van der Waals surface area contributed by atoms with Gasteiger partial charge >= 0.3 is 18.2 Å². The number of halogens is 3. The Bertz CT molecular complexity index is 1230. The lowest BCUT2D eigenvalue weighted by Gasteiger charge is -2.43. The molecule has 0 spiro atoms. The van der Waals surface area contributed by atoms with E-state index in [1.165, 1.54) is 24.0 Å². The molecule has 3 rings (SSSR count). The molecule has 2 aromatic rings. The summed E-state index contributed by atoms with van der Waals surface area (Å²) in [5.74, 6) is -0.670. The van der Waals surface area contributed by atoms with Gasteiger partial charge in [-0.3, -0.25) is 4.90 Å². The summed E-state index contributed by atoms with van der Waals surface area (Å²) in [4.78, 5) is 32.1. The van der Waals surface area contributed by atoms with E-state index in [1.807, 2.05) is 13.8 Å². The van der Waals surface area contributed by atoms with E-state index in [0.717, 1.165) is 30.1 Å². The molecule has 1 unspecified atom stereocenters. The summed E-state index contributed by atoms with van der Waals surface area (Å²) in [6.45, 7) is 9.39. The summed E-state index contributed by atoms with van der Waals surface area (Å²) in [5, 5.41) is 9.23. The number of alkyl halides is 3. The molecule has 0 bridgehead atoms. The summed E-state index contributed by atoms with van der Waals surface area (Å²) in [6.07, 6.45) is -4.61. The smallest absolute Gasteiger partial charge is 0.416 e. The second kappa shape index (κ2) is 12.1. The van der Waals surface area contributed by atoms with Crippen LogP contribution in [0.15, 0.2) is 59.8 Å². The largest absolute Gasteiger partial charge is 0.463 e. The van der Waals surface area contributed by atoms with Crippen LogP contribution in [0.1, 0.15) is 50.4 Å². The van der Waals surface area contributed by atoms with Gasteiger partial charge in [-0.2, -0.15) is 18.4 Å². The molecule has 2 amide bonds. The standard InChI is InChI=1S/C28H31F3N4O3/c1-5-33(6-2)15-16-34-25(21-13-11-20(18-32)12-14-21)24(26(36)38-7-3)19(4)35(27(34)37)23-10-8-9-22(17-23)28(29,30)31/h8-14,17,25H,5-7,15-16H2,1-4H3. The lowest BCUT2D eigenvalue weighted by Crippen LogP contribution is -2.53. The van der Waals surface area contributed by atoms with Crippen molar-refractivity contribution in [3.63, 3.8) is 0 Å². The van der Waals surface area contributed by atoms with Gasteiger partial charge in [0.05, 0.1) is 41.1 Å². The van der Waals surface area contributed by atoms with E-state index in [2.05, 4.69) is 11.0 Å². The van der Waals surface area contributed by atoms with Crippen LogP contribution in [0.2, 0.25) is 0 Å². The Morgan fingerprint density at radius 1 is 1.11 bits per heavy atom. The number of anilines is 1. The van der Waals surface area contributed by atoms with Crippen LogP contribution in [-0.4, -0.2) is 54.6 Å². The van der Waals surface area contributed by atoms with Crippen LogP contribution in [0, 0.1) is 11.3 Å². The van der Waals surface area contributed by atoms with E-state index >= 15 is 0 Å². The monoisotopic (exact) mass is 528 g/mol. The molecular weight excluding hydrogens is 497 g/mol. The highest BCUT2D eigenvalue weighted by Gasteiger charge is 2.43. The van der Waals surface area contributed by atoms with E-state index in [9.17, 15) is 28.0 Å². The molecular formula is C28H31F3N4O3. The SMILES string of the molecule is CCOC(=O)C1=C(C)N(c2cccc(C(F)(F)F)c2)C(=O)N(CCN(CC)CC)C1c1ccc(C#N)cc1. The van der Waals surface area contributed by atoms with Gasteiger partial charge in [0.2, 0.25) is 0 Å². The number of nitrogens with zero attached hydrogens (tertiary/aromatic N) is 4. The van der Waals surface area contributed by atoms with E-state index in [0.29, 0.717) is 17.7 Å². The number of benzene rings is 2. The first-order valence-electron chi connectivity index (χ1n) is 12.5. The first-order valence-corrected chi connectivity index (χ1v) is 12.5. The fourth-order valence-electron chi connectivity index (χ4n) is 4.55. The number of carbonyl (C=O) groups is 2. The van der Waals surface area contributed by atoms with Crippen LogP contribution >= 0.6 is 0 Å². The highest BCUT2D eigenvalue weighted by atomic mass is 19.4. The lowest BCUT2D eigenvalue weighted by molar-refractivity contribution is -0.139. The minimum atomic E-state index is -4.61. The number of allylic oxidation sites excluding steroid dienone is 1. The number of rotatable bonds is 9. The van der Waals surface area contributed by atoms with Crippen molar-refractivity contribution in [2.24, 2.45) is 0 Å². The molecule has 1 heterocycles. The molecule has 1 atom stereocenters. The Morgan fingerprint density at radius 2 is 1.76 bits per heavy atom. The number of likely N-dealkylation sites (N-methyl/N-ethyl adjacent to an activating group) is 1. The quantitative estimate of drug-likeness (QED) is 0.388. The van der Waals surface area contributed by atoms with Gasteiger partial charge in [0.15, 0.2) is 0 Å². The second-order valence-electron chi connectivity index (χ2n) is 8.74. The molecule has 1 aliphatic heterocycles. The number of hydrogen-bond acceptors (Lipinski definition) is 5. The zero-order valence-electron chi connectivity index (χ0n) is 21.9. The van der Waals surface area contributed by atoms with Gasteiger partial charge in [0.25, 0.3) is 0 Å². The maximum Gasteiger partial charge on any atom is 0.416 e. The van der Waals surface area contributed by atoms with Crippen LogP contribution in [0.25, 0.3) is 0 Å². The van der Waals surface area contributed by atoms with Crippen LogP contribution in [0.5, 0.6) is 0 Å². The fourth-order valence-corrected chi connectivity index (χ4v) is 4.55. The maximum absolute atomic E-state index is 14.0. The zero-order valence-corrected chi connectivity index (χ0v) is 21.9. The van der Waals surface area contributed by atoms with Crippen molar-refractivity contribution in [2.45, 2.75) is 39.9 Å². The molecule has 0 aliphatic carbocycles. The van der Waals surface area contributed by atoms with Crippen molar-refractivity contribution in [2.75, 3.05) is 37.7 Å². The molecule has 0 saturated heterocycles. The van der Waals surface area contributed by atoms with E-state index in [4.69, 9.17) is 4.74 Å². The third-order valence-corrected chi connectivity index (χ3v) is 6.58. The Labute approximate surface area is 220 Å². The molecule has 0 radical (unpaired) electrons. The molecule has 2 aromatic carbocycles. The Kier molecular flexibility index (Phi) is 9.17. The molecule has 10 heteroatoms. The molecule has 202 valence electrons. The predicted octanol–water partition coefficient (Wildman–Crippen LogP) is 5.74. The number of carbonyl (C=O) groups excluding carboxylic acids is 2. The minimum Gasteiger partial charge on any atom is -0.463 e. The van der Waals surface area contributed by atoms with Crippen LogP contribution < -0.4 is 4.90 Å². The summed E-state index contributed by atoms with van der Waals surface area (Å²) in [6, 6.07) is 11.6. The van der Waals surface area contributed by atoms with Gasteiger partial charge in [-0.25, -0.2) is 9.59 Å². The van der Waals surface area contributed by atoms with Crippen LogP contribution in [-0.2, 0) is 15.7 Å². The normalized spacial score (nSPS) is 16.2. The molecule has 0 aromatic heterocycles. The predicted molar refractivity (Wildman–Crippen MR) is 137 cm³/mol. The molecule has 7 nitrogen and oxygen atoms in total. The number of ether oxygens (including phenoxy) is 1. The van der Waals surface area contributed by atoms with Gasteiger partial charge in [-0.1, -0.05) is 32.0 Å². The summed E-state index contributed by atoms with van der Waals surface area (Å²) >= 11 is 0. The highest BCUT2D eigenvalue weighted by Crippen LogP contribution is 2.41. The Balaban J connectivity index is 2.24. The van der Waals surface area contributed by atoms with Crippen molar-refractivity contribution < 1.29 is 27.5 Å². The zero-order chi connectivity index (χ0) is 28.0. The number of esters is 1. The first kappa shape index (κ1) is 28.7. The number of nitriles is 1. The van der Waals surface area contributed by atoms with Crippen molar-refractivity contribution in [3.8, 4) is 6.07 Å². The molecule has 38 heavy (non-hydrogen) atoms. The summed E-state index contributed by atoms with van der Waals surface area (Å²) in [7, 11) is 0. The van der Waals surface area contributed by atoms with Gasteiger partial charge in [-0.05, 0) is 62.8 Å². The first-order chi connectivity index (χ1) is 18.1. The van der Waals surface area contributed by atoms with Crippen molar-refractivity contribution in [3.05, 3.63) is 76.5 Å².